The molecule has 0 amide bonds. The number of carbonyl (C=O) groups excluding carboxylic acids is 1. The van der Waals surface area contributed by atoms with E-state index in [0.29, 0.717) is 0 Å². The zero-order valence-corrected chi connectivity index (χ0v) is 7.53. The molecule has 0 saturated carbocycles. The van der Waals surface area contributed by atoms with Gasteiger partial charge in [-0.1, -0.05) is 18.2 Å². The lowest BCUT2D eigenvalue weighted by atomic mass is 9.96. The Kier molecular flexibility index (Phi) is 2.85. The summed E-state index contributed by atoms with van der Waals surface area (Å²) in [6, 6.07) is 6.58. The van der Waals surface area contributed by atoms with Crippen LogP contribution in [0.4, 0.5) is 0 Å². The van der Waals surface area contributed by atoms with Gasteiger partial charge in [0.05, 0.1) is 5.92 Å². The van der Waals surface area contributed by atoms with E-state index in [1.807, 2.05) is 0 Å². The van der Waals surface area contributed by atoms with Gasteiger partial charge in [-0.15, -0.1) is 6.58 Å². The highest BCUT2D eigenvalue weighted by Crippen LogP contribution is 2.20. The van der Waals surface area contributed by atoms with Crippen molar-refractivity contribution in [2.24, 2.45) is 0 Å². The lowest BCUT2D eigenvalue weighted by Crippen LogP contribution is -2.04. The van der Waals surface area contributed by atoms with Gasteiger partial charge in [-0.05, 0) is 24.6 Å². The summed E-state index contributed by atoms with van der Waals surface area (Å²) < 4.78 is 0. The summed E-state index contributed by atoms with van der Waals surface area (Å²) in [5.41, 5.74) is 0.861. The molecule has 0 spiro atoms. The molecular weight excluding hydrogens is 164 g/mol. The quantitative estimate of drug-likeness (QED) is 0.717. The molecule has 0 saturated heterocycles. The Morgan fingerprint density at radius 1 is 1.46 bits per heavy atom. The SMILES string of the molecule is C=CC(C(C)=O)c1ccc(O)cc1. The Morgan fingerprint density at radius 2 is 2.00 bits per heavy atom. The first kappa shape index (κ1) is 9.52. The average Bonchev–Trinajstić information content (AvgIpc) is 2.09. The summed E-state index contributed by atoms with van der Waals surface area (Å²) in [7, 11) is 0. The van der Waals surface area contributed by atoms with E-state index in [1.165, 1.54) is 6.92 Å². The van der Waals surface area contributed by atoms with E-state index < -0.39 is 0 Å². The number of hydrogen-bond donors (Lipinski definition) is 1. The molecule has 1 rings (SSSR count). The van der Waals surface area contributed by atoms with Gasteiger partial charge in [0.1, 0.15) is 11.5 Å². The Balaban J connectivity index is 2.99. The van der Waals surface area contributed by atoms with E-state index in [0.717, 1.165) is 5.56 Å². The van der Waals surface area contributed by atoms with Gasteiger partial charge >= 0.3 is 0 Å². The van der Waals surface area contributed by atoms with E-state index in [2.05, 4.69) is 6.58 Å². The second-order valence-corrected chi connectivity index (χ2v) is 2.92. The molecule has 2 nitrogen and oxygen atoms in total. The van der Waals surface area contributed by atoms with Gasteiger partial charge in [0.25, 0.3) is 0 Å². The summed E-state index contributed by atoms with van der Waals surface area (Å²) in [6.45, 7) is 5.12. The molecule has 2 heteroatoms. The molecule has 0 fully saturated rings. The molecule has 0 radical (unpaired) electrons. The fourth-order valence-corrected chi connectivity index (χ4v) is 1.22. The first-order chi connectivity index (χ1) is 6.15. The fraction of sp³-hybridized carbons (Fsp3) is 0.182. The summed E-state index contributed by atoms with van der Waals surface area (Å²) in [4.78, 5) is 11.1. The fourth-order valence-electron chi connectivity index (χ4n) is 1.22. The number of phenolic OH excluding ortho intramolecular Hbond substituents is 1. The molecule has 1 atom stereocenters. The predicted octanol–water partition coefficient (Wildman–Crippen LogP) is 2.25. The van der Waals surface area contributed by atoms with Crippen molar-refractivity contribution in [2.75, 3.05) is 0 Å². The highest BCUT2D eigenvalue weighted by atomic mass is 16.3. The van der Waals surface area contributed by atoms with Crippen molar-refractivity contribution in [3.8, 4) is 5.75 Å². The maximum atomic E-state index is 11.1. The first-order valence-electron chi connectivity index (χ1n) is 4.07. The van der Waals surface area contributed by atoms with Crippen molar-refractivity contribution in [1.29, 1.82) is 0 Å². The van der Waals surface area contributed by atoms with Crippen LogP contribution in [-0.2, 0) is 4.79 Å². The van der Waals surface area contributed by atoms with Crippen LogP contribution in [0.3, 0.4) is 0 Å². The van der Waals surface area contributed by atoms with Gasteiger partial charge in [-0.2, -0.15) is 0 Å². The van der Waals surface area contributed by atoms with Gasteiger partial charge in [0, 0.05) is 0 Å². The normalized spacial score (nSPS) is 12.1. The van der Waals surface area contributed by atoms with E-state index in [-0.39, 0.29) is 17.5 Å². The van der Waals surface area contributed by atoms with Crippen LogP contribution < -0.4 is 0 Å². The minimum Gasteiger partial charge on any atom is -0.508 e. The van der Waals surface area contributed by atoms with Crippen LogP contribution >= 0.6 is 0 Å². The number of benzene rings is 1. The molecule has 0 aliphatic rings. The second kappa shape index (κ2) is 3.90. The zero-order chi connectivity index (χ0) is 9.84. The molecule has 0 aliphatic carbocycles. The van der Waals surface area contributed by atoms with Crippen LogP contribution in [0.15, 0.2) is 36.9 Å². The van der Waals surface area contributed by atoms with Crippen molar-refractivity contribution < 1.29 is 9.90 Å². The number of allylic oxidation sites excluding steroid dienone is 1. The molecule has 0 aliphatic heterocycles. The van der Waals surface area contributed by atoms with Gasteiger partial charge < -0.3 is 5.11 Å². The Hall–Kier alpha value is -1.57. The van der Waals surface area contributed by atoms with Crippen molar-refractivity contribution in [2.45, 2.75) is 12.8 Å². The number of rotatable bonds is 3. The van der Waals surface area contributed by atoms with Crippen molar-refractivity contribution in [3.63, 3.8) is 0 Å². The highest BCUT2D eigenvalue weighted by molar-refractivity contribution is 5.85. The topological polar surface area (TPSA) is 37.3 Å². The van der Waals surface area contributed by atoms with E-state index in [1.54, 1.807) is 30.3 Å². The number of aromatic hydroxyl groups is 1. The maximum absolute atomic E-state index is 11.1. The second-order valence-electron chi connectivity index (χ2n) is 2.92. The third-order valence-electron chi connectivity index (χ3n) is 1.93. The summed E-state index contributed by atoms with van der Waals surface area (Å²) in [5.74, 6) is -0.00333. The van der Waals surface area contributed by atoms with Gasteiger partial charge in [0.2, 0.25) is 0 Å². The molecule has 0 bridgehead atoms. The smallest absolute Gasteiger partial charge is 0.141 e. The van der Waals surface area contributed by atoms with Crippen molar-refractivity contribution in [1.82, 2.24) is 0 Å². The Labute approximate surface area is 77.5 Å². The Bertz CT molecular complexity index is 311. The van der Waals surface area contributed by atoms with Crippen LogP contribution in [0.2, 0.25) is 0 Å². The predicted molar refractivity (Wildman–Crippen MR) is 51.7 cm³/mol. The summed E-state index contributed by atoms with van der Waals surface area (Å²) >= 11 is 0. The largest absolute Gasteiger partial charge is 0.508 e. The first-order valence-corrected chi connectivity index (χ1v) is 4.07. The van der Waals surface area contributed by atoms with Crippen LogP contribution in [0.1, 0.15) is 18.4 Å². The van der Waals surface area contributed by atoms with Gasteiger partial charge in [-0.25, -0.2) is 0 Å². The van der Waals surface area contributed by atoms with Crippen LogP contribution in [0.25, 0.3) is 0 Å². The number of phenols is 1. The number of hydrogen-bond acceptors (Lipinski definition) is 2. The molecule has 1 unspecified atom stereocenters. The van der Waals surface area contributed by atoms with Crippen LogP contribution in [-0.4, -0.2) is 10.9 Å². The molecule has 68 valence electrons. The number of carbonyl (C=O) groups is 1. The average molecular weight is 176 g/mol. The summed E-state index contributed by atoms with van der Waals surface area (Å²) in [6.07, 6.45) is 1.61. The van der Waals surface area contributed by atoms with E-state index >= 15 is 0 Å². The molecule has 1 N–H and O–H groups in total. The molecule has 0 heterocycles. The highest BCUT2D eigenvalue weighted by Gasteiger charge is 2.11. The van der Waals surface area contributed by atoms with Gasteiger partial charge in [-0.3, -0.25) is 4.79 Å². The lowest BCUT2D eigenvalue weighted by Gasteiger charge is -2.08. The maximum Gasteiger partial charge on any atom is 0.141 e. The third-order valence-corrected chi connectivity index (χ3v) is 1.93. The van der Waals surface area contributed by atoms with Crippen LogP contribution in [0.5, 0.6) is 5.75 Å². The zero-order valence-electron chi connectivity index (χ0n) is 7.53. The number of Topliss-reactive ketones (excluding diaryl/α,β-unsaturated/α-hetero) is 1. The molecular formula is C11H12O2. The third kappa shape index (κ3) is 2.18. The standard InChI is InChI=1S/C11H12O2/c1-3-11(8(2)12)9-4-6-10(13)7-5-9/h3-7,11,13H,1H2,2H3. The molecule has 13 heavy (non-hydrogen) atoms. The van der Waals surface area contributed by atoms with E-state index in [9.17, 15) is 4.79 Å². The minimum atomic E-state index is -0.263. The monoisotopic (exact) mass is 176 g/mol. The van der Waals surface area contributed by atoms with Crippen molar-refractivity contribution >= 4 is 5.78 Å². The number of ketones is 1. The molecule has 0 aromatic heterocycles. The lowest BCUT2D eigenvalue weighted by molar-refractivity contribution is -0.117. The Morgan fingerprint density at radius 3 is 2.38 bits per heavy atom. The van der Waals surface area contributed by atoms with Crippen molar-refractivity contribution in [3.05, 3.63) is 42.5 Å². The van der Waals surface area contributed by atoms with E-state index in [4.69, 9.17) is 5.11 Å². The minimum absolute atomic E-state index is 0.0562. The molecule has 1 aromatic rings. The molecule has 1 aromatic carbocycles. The summed E-state index contributed by atoms with van der Waals surface area (Å²) in [5, 5.41) is 9.04. The van der Waals surface area contributed by atoms with Crippen LogP contribution in [0, 0.1) is 0 Å². The van der Waals surface area contributed by atoms with Gasteiger partial charge in [0.15, 0.2) is 0 Å².